The zero-order valence-corrected chi connectivity index (χ0v) is 16.0. The van der Waals surface area contributed by atoms with Crippen LogP contribution in [0.1, 0.15) is 22.7 Å². The van der Waals surface area contributed by atoms with Crippen LogP contribution in [-0.2, 0) is 11.3 Å². The molecule has 0 saturated carbocycles. The fourth-order valence-corrected chi connectivity index (χ4v) is 3.56. The normalized spacial score (nSPS) is 18.4. The molecule has 2 aromatic carbocycles. The van der Waals surface area contributed by atoms with Gasteiger partial charge in [0.15, 0.2) is 0 Å². The summed E-state index contributed by atoms with van der Waals surface area (Å²) in [6, 6.07) is 16.5. The van der Waals surface area contributed by atoms with Crippen molar-refractivity contribution >= 4 is 29.9 Å². The lowest BCUT2D eigenvalue weighted by atomic mass is 9.99. The summed E-state index contributed by atoms with van der Waals surface area (Å²) in [5.41, 5.74) is 3.49. The zero-order chi connectivity index (χ0) is 18.1. The first-order valence-corrected chi connectivity index (χ1v) is 8.76. The van der Waals surface area contributed by atoms with Crippen molar-refractivity contribution in [2.24, 2.45) is 0 Å². The molecule has 0 spiro atoms. The van der Waals surface area contributed by atoms with E-state index in [1.165, 1.54) is 0 Å². The Morgan fingerprint density at radius 3 is 2.74 bits per heavy atom. The van der Waals surface area contributed by atoms with E-state index in [9.17, 15) is 10.1 Å². The van der Waals surface area contributed by atoms with Gasteiger partial charge in [0.05, 0.1) is 24.8 Å². The fourth-order valence-electron chi connectivity index (χ4n) is 3.43. The first-order chi connectivity index (χ1) is 12.7. The molecule has 1 unspecified atom stereocenters. The summed E-state index contributed by atoms with van der Waals surface area (Å²) >= 11 is 5.95. The van der Waals surface area contributed by atoms with Gasteiger partial charge in [-0.15, -0.1) is 12.4 Å². The van der Waals surface area contributed by atoms with Gasteiger partial charge in [-0.3, -0.25) is 10.1 Å². The number of halogens is 2. The molecular weight excluding hydrogens is 383 g/mol. The molecule has 1 saturated heterocycles. The van der Waals surface area contributed by atoms with Gasteiger partial charge < -0.3 is 9.80 Å². The number of carbonyl (C=O) groups excluding carboxylic acids is 1. The summed E-state index contributed by atoms with van der Waals surface area (Å²) in [4.78, 5) is 17.1. The standard InChI is InChI=1S/C20H17ClN4O.ClH/c21-17-6-4-14(5-7-17)11-24-12-18-10-23-13-25(18)19(20(24)26)16-3-1-2-15(8-16)9-22;/h1-8,12,19,23H,10-11,13H2;1H. The average Bonchev–Trinajstić information content (AvgIpc) is 3.12. The van der Waals surface area contributed by atoms with Gasteiger partial charge in [0.1, 0.15) is 6.04 Å². The van der Waals surface area contributed by atoms with Gasteiger partial charge in [-0.05, 0) is 35.4 Å². The number of hydrogen-bond donors (Lipinski definition) is 1. The molecule has 27 heavy (non-hydrogen) atoms. The molecule has 1 N–H and O–H groups in total. The highest BCUT2D eigenvalue weighted by Gasteiger charge is 2.38. The molecular formula is C20H18Cl2N4O. The minimum atomic E-state index is -0.425. The number of nitrogens with zero attached hydrogens (tertiary/aromatic N) is 3. The number of fused-ring (bicyclic) bond motifs is 1. The van der Waals surface area contributed by atoms with E-state index in [1.54, 1.807) is 17.0 Å². The van der Waals surface area contributed by atoms with Gasteiger partial charge in [-0.2, -0.15) is 5.26 Å². The number of benzene rings is 2. The van der Waals surface area contributed by atoms with Gasteiger partial charge in [0.25, 0.3) is 5.91 Å². The average molecular weight is 401 g/mol. The molecule has 1 fully saturated rings. The molecule has 0 bridgehead atoms. The van der Waals surface area contributed by atoms with Crippen LogP contribution >= 0.6 is 24.0 Å². The third-order valence-corrected chi connectivity index (χ3v) is 4.94. The van der Waals surface area contributed by atoms with Crippen LogP contribution in [0.4, 0.5) is 0 Å². The van der Waals surface area contributed by atoms with E-state index in [-0.39, 0.29) is 18.3 Å². The quantitative estimate of drug-likeness (QED) is 0.857. The third-order valence-electron chi connectivity index (χ3n) is 4.69. The number of amides is 1. The van der Waals surface area contributed by atoms with Gasteiger partial charge in [-0.25, -0.2) is 0 Å². The lowest BCUT2D eigenvalue weighted by molar-refractivity contribution is -0.135. The summed E-state index contributed by atoms with van der Waals surface area (Å²) < 4.78 is 0. The number of carbonyl (C=O) groups is 1. The maximum atomic E-state index is 13.2. The zero-order valence-electron chi connectivity index (χ0n) is 14.4. The van der Waals surface area contributed by atoms with Gasteiger partial charge in [0, 0.05) is 23.5 Å². The molecule has 138 valence electrons. The van der Waals surface area contributed by atoms with Crippen molar-refractivity contribution in [1.29, 1.82) is 5.26 Å². The topological polar surface area (TPSA) is 59.4 Å². The highest BCUT2D eigenvalue weighted by atomic mass is 35.5. The summed E-state index contributed by atoms with van der Waals surface area (Å²) in [7, 11) is 0. The van der Waals surface area contributed by atoms with E-state index >= 15 is 0 Å². The van der Waals surface area contributed by atoms with E-state index in [0.717, 1.165) is 23.4 Å². The predicted octanol–water partition coefficient (Wildman–Crippen LogP) is 3.42. The predicted molar refractivity (Wildman–Crippen MR) is 106 cm³/mol. The molecule has 2 aliphatic rings. The highest BCUT2D eigenvalue weighted by Crippen LogP contribution is 2.33. The highest BCUT2D eigenvalue weighted by molar-refractivity contribution is 6.30. The van der Waals surface area contributed by atoms with Crippen molar-refractivity contribution in [3.05, 3.63) is 82.1 Å². The Morgan fingerprint density at radius 2 is 2.00 bits per heavy atom. The summed E-state index contributed by atoms with van der Waals surface area (Å²) in [5, 5.41) is 13.2. The Balaban J connectivity index is 0.00000210. The van der Waals surface area contributed by atoms with Crippen LogP contribution in [0.15, 0.2) is 60.4 Å². The number of nitrogens with one attached hydrogen (secondary N) is 1. The Kier molecular flexibility index (Phi) is 5.71. The molecule has 1 atom stereocenters. The van der Waals surface area contributed by atoms with Crippen molar-refractivity contribution in [2.45, 2.75) is 12.6 Å². The molecule has 5 nitrogen and oxygen atoms in total. The van der Waals surface area contributed by atoms with Crippen LogP contribution in [-0.4, -0.2) is 28.9 Å². The van der Waals surface area contributed by atoms with Crippen molar-refractivity contribution in [2.75, 3.05) is 13.2 Å². The maximum Gasteiger partial charge on any atom is 0.254 e. The van der Waals surface area contributed by atoms with Crippen LogP contribution < -0.4 is 5.32 Å². The van der Waals surface area contributed by atoms with E-state index < -0.39 is 6.04 Å². The van der Waals surface area contributed by atoms with Crippen LogP contribution in [0.2, 0.25) is 5.02 Å². The van der Waals surface area contributed by atoms with Gasteiger partial charge in [-0.1, -0.05) is 35.9 Å². The second kappa shape index (κ2) is 8.01. The monoisotopic (exact) mass is 400 g/mol. The first kappa shape index (κ1) is 19.2. The number of rotatable bonds is 3. The van der Waals surface area contributed by atoms with Crippen LogP contribution in [0, 0.1) is 11.3 Å². The molecule has 2 aliphatic heterocycles. The van der Waals surface area contributed by atoms with Crippen LogP contribution in [0.3, 0.4) is 0 Å². The van der Waals surface area contributed by atoms with Gasteiger partial charge >= 0.3 is 0 Å². The van der Waals surface area contributed by atoms with Crippen LogP contribution in [0.5, 0.6) is 0 Å². The molecule has 0 aliphatic carbocycles. The Morgan fingerprint density at radius 1 is 1.22 bits per heavy atom. The fraction of sp³-hybridized carbons (Fsp3) is 0.200. The molecule has 4 rings (SSSR count). The minimum Gasteiger partial charge on any atom is -0.344 e. The molecule has 2 aromatic rings. The second-order valence-corrected chi connectivity index (χ2v) is 6.84. The Hall–Kier alpha value is -2.52. The van der Waals surface area contributed by atoms with Crippen molar-refractivity contribution in [1.82, 2.24) is 15.1 Å². The molecule has 0 aromatic heterocycles. The lowest BCUT2D eigenvalue weighted by Gasteiger charge is -2.37. The summed E-state index contributed by atoms with van der Waals surface area (Å²) in [6.07, 6.45) is 1.92. The molecule has 0 radical (unpaired) electrons. The molecule has 1 amide bonds. The Bertz CT molecular complexity index is 920. The molecule has 2 heterocycles. The first-order valence-electron chi connectivity index (χ1n) is 8.39. The van der Waals surface area contributed by atoms with Crippen LogP contribution in [0.25, 0.3) is 0 Å². The Labute approximate surface area is 169 Å². The maximum absolute atomic E-state index is 13.2. The summed E-state index contributed by atoms with van der Waals surface area (Å²) in [5.74, 6) is 0.00231. The number of hydrogen-bond acceptors (Lipinski definition) is 4. The summed E-state index contributed by atoms with van der Waals surface area (Å²) in [6.45, 7) is 1.83. The van der Waals surface area contributed by atoms with E-state index in [4.69, 9.17) is 11.6 Å². The van der Waals surface area contributed by atoms with Crippen molar-refractivity contribution in [3.8, 4) is 6.07 Å². The van der Waals surface area contributed by atoms with E-state index in [2.05, 4.69) is 16.3 Å². The van der Waals surface area contributed by atoms with Crippen molar-refractivity contribution < 1.29 is 4.79 Å². The number of nitriles is 1. The minimum absolute atomic E-state index is 0. The van der Waals surface area contributed by atoms with Crippen molar-refractivity contribution in [3.63, 3.8) is 0 Å². The largest absolute Gasteiger partial charge is 0.344 e. The SMILES string of the molecule is Cl.N#Cc1cccc(C2C(=O)N(Cc3ccc(Cl)cc3)C=C3CNCN32)c1. The smallest absolute Gasteiger partial charge is 0.254 e. The third kappa shape index (κ3) is 3.79. The lowest BCUT2D eigenvalue weighted by Crippen LogP contribution is -2.44. The van der Waals surface area contributed by atoms with E-state index in [0.29, 0.717) is 23.8 Å². The second-order valence-electron chi connectivity index (χ2n) is 6.41. The van der Waals surface area contributed by atoms with Gasteiger partial charge in [0.2, 0.25) is 0 Å². The van der Waals surface area contributed by atoms with E-state index in [1.807, 2.05) is 42.6 Å². The molecule has 7 heteroatoms.